The summed E-state index contributed by atoms with van der Waals surface area (Å²) < 4.78 is 21.4. The van der Waals surface area contributed by atoms with E-state index >= 15 is 0 Å². The number of fused-ring (bicyclic) bond motifs is 2. The average Bonchev–Trinajstić information content (AvgIpc) is 3.67. The number of nitrogens with zero attached hydrogens (tertiary/aromatic N) is 4. The Labute approximate surface area is 281 Å². The SMILES string of the molecule is CN(C)CCCc1ccc(OCCCC2SC(N3CCc4cccc(C(=O)Nc5nc6ccccc6s5)c4C3)=NC2C(=O)O)c(F)c1. The van der Waals surface area contributed by atoms with E-state index in [1.165, 1.54) is 29.2 Å². The van der Waals surface area contributed by atoms with Crippen molar-refractivity contribution >= 4 is 55.5 Å². The van der Waals surface area contributed by atoms with Crippen LogP contribution in [0.2, 0.25) is 0 Å². The Hall–Kier alpha value is -4.00. The molecule has 2 unspecified atom stereocenters. The van der Waals surface area contributed by atoms with Gasteiger partial charge in [0.1, 0.15) is 0 Å². The van der Waals surface area contributed by atoms with Crippen LogP contribution in [-0.2, 0) is 24.2 Å². The van der Waals surface area contributed by atoms with Crippen LogP contribution in [0.4, 0.5) is 9.52 Å². The van der Waals surface area contributed by atoms with Gasteiger partial charge in [-0.25, -0.2) is 19.2 Å². The number of rotatable bonds is 12. The van der Waals surface area contributed by atoms with Gasteiger partial charge >= 0.3 is 5.97 Å². The number of aromatic nitrogens is 1. The van der Waals surface area contributed by atoms with Gasteiger partial charge in [0.05, 0.1) is 16.8 Å². The van der Waals surface area contributed by atoms with Gasteiger partial charge in [-0.2, -0.15) is 0 Å². The van der Waals surface area contributed by atoms with Crippen LogP contribution < -0.4 is 10.1 Å². The Balaban J connectivity index is 1.05. The number of para-hydroxylation sites is 1. The minimum absolute atomic E-state index is 0.210. The molecule has 0 fully saturated rings. The first-order valence-electron chi connectivity index (χ1n) is 15.8. The van der Waals surface area contributed by atoms with Crippen molar-refractivity contribution in [2.45, 2.75) is 49.9 Å². The number of amidine groups is 1. The highest BCUT2D eigenvalue weighted by atomic mass is 32.2. The molecule has 1 amide bonds. The monoisotopic (exact) mass is 675 g/mol. The summed E-state index contributed by atoms with van der Waals surface area (Å²) in [7, 11) is 4.04. The maximum atomic E-state index is 14.7. The maximum absolute atomic E-state index is 14.7. The summed E-state index contributed by atoms with van der Waals surface area (Å²) >= 11 is 2.89. The molecule has 0 bridgehead atoms. The Morgan fingerprint density at radius 3 is 2.77 bits per heavy atom. The van der Waals surface area contributed by atoms with E-state index in [4.69, 9.17) is 4.74 Å². The van der Waals surface area contributed by atoms with Crippen molar-refractivity contribution in [1.29, 1.82) is 0 Å². The van der Waals surface area contributed by atoms with E-state index in [2.05, 4.69) is 25.1 Å². The highest BCUT2D eigenvalue weighted by Gasteiger charge is 2.38. The zero-order valence-corrected chi connectivity index (χ0v) is 28.1. The minimum atomic E-state index is -0.970. The molecule has 2 N–H and O–H groups in total. The fraction of sp³-hybridized carbons (Fsp3) is 0.371. The third-order valence-electron chi connectivity index (χ3n) is 8.37. The van der Waals surface area contributed by atoms with Crippen LogP contribution in [0.5, 0.6) is 5.75 Å². The van der Waals surface area contributed by atoms with E-state index in [0.717, 1.165) is 46.3 Å². The summed E-state index contributed by atoms with van der Waals surface area (Å²) in [5, 5.41) is 13.9. The van der Waals surface area contributed by atoms with Gasteiger partial charge in [-0.15, -0.1) is 0 Å². The first kappa shape index (κ1) is 32.9. The lowest BCUT2D eigenvalue weighted by Gasteiger charge is -2.31. The number of carbonyl (C=O) groups is 2. The lowest BCUT2D eigenvalue weighted by molar-refractivity contribution is -0.138. The number of hydrogen-bond acceptors (Lipinski definition) is 9. The summed E-state index contributed by atoms with van der Waals surface area (Å²) in [5.74, 6) is -1.36. The Morgan fingerprint density at radius 2 is 1.98 bits per heavy atom. The van der Waals surface area contributed by atoms with Gasteiger partial charge in [0, 0.05) is 23.9 Å². The number of hydrogen-bond donors (Lipinski definition) is 2. The predicted molar refractivity (Wildman–Crippen MR) is 186 cm³/mol. The Kier molecular flexibility index (Phi) is 10.4. The van der Waals surface area contributed by atoms with Crippen LogP contribution in [0, 0.1) is 5.82 Å². The van der Waals surface area contributed by atoms with Gasteiger partial charge in [-0.1, -0.05) is 53.4 Å². The number of carbonyl (C=O) groups excluding carboxylic acids is 1. The molecular weight excluding hydrogens is 638 g/mol. The Bertz CT molecular complexity index is 1760. The van der Waals surface area contributed by atoms with E-state index in [-0.39, 0.29) is 29.3 Å². The zero-order valence-electron chi connectivity index (χ0n) is 26.4. The number of anilines is 1. The summed E-state index contributed by atoms with van der Waals surface area (Å²) in [6.07, 6.45) is 3.58. The second kappa shape index (κ2) is 14.8. The molecule has 12 heteroatoms. The smallest absolute Gasteiger partial charge is 0.329 e. The van der Waals surface area contributed by atoms with Crippen LogP contribution in [0.1, 0.15) is 46.3 Å². The molecule has 2 aliphatic heterocycles. The molecule has 0 saturated heterocycles. The summed E-state index contributed by atoms with van der Waals surface area (Å²) in [5.41, 5.74) is 4.36. The fourth-order valence-electron chi connectivity index (χ4n) is 5.95. The van der Waals surface area contributed by atoms with Crippen molar-refractivity contribution < 1.29 is 23.8 Å². The minimum Gasteiger partial charge on any atom is -0.491 e. The van der Waals surface area contributed by atoms with Gasteiger partial charge < -0.3 is 19.6 Å². The largest absolute Gasteiger partial charge is 0.491 e. The number of halogens is 1. The standard InChI is InChI=1S/C35H38FN5O4S2/c1-40(2)17-6-8-22-14-15-28(26(36)20-22)45-19-7-13-30-31(33(43)44)38-35(47-30)41-18-16-23-9-5-10-24(25(23)21-41)32(42)39-34-37-27-11-3-4-12-29(27)46-34/h3-5,9-12,14-15,20,30-31H,6-8,13,16-19,21H2,1-2H3,(H,43,44)(H,37,39,42). The average molecular weight is 676 g/mol. The lowest BCUT2D eigenvalue weighted by atomic mass is 9.94. The second-order valence-corrected chi connectivity index (χ2v) is 14.3. The third kappa shape index (κ3) is 7.94. The highest BCUT2D eigenvalue weighted by Crippen LogP contribution is 2.35. The second-order valence-electron chi connectivity index (χ2n) is 12.1. The van der Waals surface area contributed by atoms with E-state index in [9.17, 15) is 19.1 Å². The maximum Gasteiger partial charge on any atom is 0.329 e. The molecule has 0 aliphatic carbocycles. The van der Waals surface area contributed by atoms with Crippen molar-refractivity contribution in [2.75, 3.05) is 39.1 Å². The van der Waals surface area contributed by atoms with Crippen molar-refractivity contribution in [1.82, 2.24) is 14.8 Å². The molecule has 246 valence electrons. The van der Waals surface area contributed by atoms with Gasteiger partial charge in [0.15, 0.2) is 27.9 Å². The zero-order chi connectivity index (χ0) is 32.9. The summed E-state index contributed by atoms with van der Waals surface area (Å²) in [4.78, 5) is 38.9. The van der Waals surface area contributed by atoms with Gasteiger partial charge in [0.2, 0.25) is 0 Å². The number of aryl methyl sites for hydroxylation is 1. The van der Waals surface area contributed by atoms with Crippen molar-refractivity contribution in [2.24, 2.45) is 4.99 Å². The van der Waals surface area contributed by atoms with Crippen molar-refractivity contribution in [3.63, 3.8) is 0 Å². The normalized spacial score (nSPS) is 17.5. The van der Waals surface area contributed by atoms with Crippen LogP contribution in [0.3, 0.4) is 0 Å². The Morgan fingerprint density at radius 1 is 1.13 bits per heavy atom. The molecule has 2 aliphatic rings. The molecule has 4 aromatic rings. The molecule has 3 heterocycles. The number of carboxylic acids is 1. The number of amides is 1. The van der Waals surface area contributed by atoms with E-state index in [0.29, 0.717) is 48.2 Å². The molecule has 47 heavy (non-hydrogen) atoms. The number of thiazole rings is 1. The molecule has 0 saturated carbocycles. The number of aliphatic imine (C=N–C) groups is 1. The van der Waals surface area contributed by atoms with Crippen LogP contribution in [0.25, 0.3) is 10.2 Å². The van der Waals surface area contributed by atoms with Crippen LogP contribution in [-0.4, -0.2) is 82.0 Å². The van der Waals surface area contributed by atoms with Crippen molar-refractivity contribution in [3.8, 4) is 5.75 Å². The molecular formula is C35H38FN5O4S2. The molecule has 0 radical (unpaired) electrons. The predicted octanol–water partition coefficient (Wildman–Crippen LogP) is 6.32. The highest BCUT2D eigenvalue weighted by molar-refractivity contribution is 8.14. The number of carboxylic acid groups (broad SMARTS) is 1. The van der Waals surface area contributed by atoms with Crippen molar-refractivity contribution in [3.05, 3.63) is 88.7 Å². The summed E-state index contributed by atoms with van der Waals surface area (Å²) in [6.45, 7) is 2.35. The van der Waals surface area contributed by atoms with E-state index in [1.807, 2.05) is 62.6 Å². The van der Waals surface area contributed by atoms with E-state index < -0.39 is 12.0 Å². The molecule has 6 rings (SSSR count). The van der Waals surface area contributed by atoms with Gasteiger partial charge in [-0.05, 0) is 99.8 Å². The number of aliphatic carboxylic acids is 1. The van der Waals surface area contributed by atoms with Gasteiger partial charge in [0.25, 0.3) is 5.91 Å². The molecule has 0 spiro atoms. The first-order chi connectivity index (χ1) is 22.7. The number of nitrogens with one attached hydrogen (secondary N) is 1. The summed E-state index contributed by atoms with van der Waals surface area (Å²) in [6, 6.07) is 17.7. The molecule has 2 atom stereocenters. The topological polar surface area (TPSA) is 107 Å². The van der Waals surface area contributed by atoms with Crippen LogP contribution in [0.15, 0.2) is 65.7 Å². The number of ether oxygens (including phenoxy) is 1. The number of thioether (sulfide) groups is 1. The molecule has 9 nitrogen and oxygen atoms in total. The first-order valence-corrected chi connectivity index (χ1v) is 17.5. The fourth-order valence-corrected chi connectivity index (χ4v) is 8.15. The van der Waals surface area contributed by atoms with Gasteiger partial charge in [-0.3, -0.25) is 10.1 Å². The van der Waals surface area contributed by atoms with E-state index in [1.54, 1.807) is 6.07 Å². The quantitative estimate of drug-likeness (QED) is 0.168. The lowest BCUT2D eigenvalue weighted by Crippen LogP contribution is -2.35. The number of benzene rings is 3. The third-order valence-corrected chi connectivity index (χ3v) is 10.7. The van der Waals surface area contributed by atoms with Crippen LogP contribution >= 0.6 is 23.1 Å². The molecule has 3 aromatic carbocycles. The molecule has 1 aromatic heterocycles.